The highest BCUT2D eigenvalue weighted by Crippen LogP contribution is 2.47. The van der Waals surface area contributed by atoms with Crippen molar-refractivity contribution in [2.45, 2.75) is 19.3 Å². The quantitative estimate of drug-likeness (QED) is 0.585. The van der Waals surface area contributed by atoms with Crippen molar-refractivity contribution in [2.24, 2.45) is 23.7 Å². The highest BCUT2D eigenvalue weighted by Gasteiger charge is 2.48. The summed E-state index contributed by atoms with van der Waals surface area (Å²) in [6.07, 6.45) is 5.18. The third-order valence-electron chi connectivity index (χ3n) is 4.84. The zero-order valence-corrected chi connectivity index (χ0v) is 13.1. The molecule has 0 heterocycles. The Balaban J connectivity index is 1.49. The van der Waals surface area contributed by atoms with Crippen molar-refractivity contribution in [3.8, 4) is 0 Å². The summed E-state index contributed by atoms with van der Waals surface area (Å²) in [4.78, 5) is 35.4. The number of amides is 2. The second-order valence-electron chi connectivity index (χ2n) is 6.34. The molecule has 2 aliphatic rings. The van der Waals surface area contributed by atoms with Crippen molar-refractivity contribution in [3.63, 3.8) is 0 Å². The van der Waals surface area contributed by atoms with Gasteiger partial charge < -0.3 is 9.90 Å². The molecule has 0 radical (unpaired) electrons. The molecule has 126 valence electrons. The van der Waals surface area contributed by atoms with Crippen LogP contribution in [0.1, 0.15) is 18.4 Å². The van der Waals surface area contributed by atoms with E-state index in [4.69, 9.17) is 0 Å². The predicted octanol–water partition coefficient (Wildman–Crippen LogP) is -0.0452. The first-order valence-electron chi connectivity index (χ1n) is 8.08. The van der Waals surface area contributed by atoms with Crippen molar-refractivity contribution >= 4 is 17.8 Å². The van der Waals surface area contributed by atoms with Gasteiger partial charge in [-0.05, 0) is 30.2 Å². The van der Waals surface area contributed by atoms with Gasteiger partial charge in [0.15, 0.2) is 0 Å². The Morgan fingerprint density at radius 1 is 1.00 bits per heavy atom. The Morgan fingerprint density at radius 2 is 1.67 bits per heavy atom. The van der Waals surface area contributed by atoms with Crippen LogP contribution in [0.25, 0.3) is 0 Å². The molecule has 0 unspecified atom stereocenters. The van der Waals surface area contributed by atoms with E-state index in [9.17, 15) is 19.5 Å². The summed E-state index contributed by atoms with van der Waals surface area (Å²) >= 11 is 0. The number of carboxylic acid groups (broad SMARTS) is 1. The lowest BCUT2D eigenvalue weighted by Crippen LogP contribution is -2.50. The Bertz CT molecular complexity index is 671. The Labute approximate surface area is 139 Å². The summed E-state index contributed by atoms with van der Waals surface area (Å²) < 4.78 is 0. The summed E-state index contributed by atoms with van der Waals surface area (Å²) in [5.41, 5.74) is 5.78. The Hall–Kier alpha value is -2.63. The number of benzene rings is 1. The maximum absolute atomic E-state index is 12.3. The van der Waals surface area contributed by atoms with Gasteiger partial charge in [-0.15, -0.1) is 0 Å². The van der Waals surface area contributed by atoms with Crippen LogP contribution < -0.4 is 16.0 Å². The van der Waals surface area contributed by atoms with E-state index in [0.717, 1.165) is 5.56 Å². The molecule has 0 aliphatic heterocycles. The number of hydrogen-bond acceptors (Lipinski definition) is 4. The molecule has 6 nitrogen and oxygen atoms in total. The topological polar surface area (TPSA) is 98.3 Å². The Kier molecular flexibility index (Phi) is 4.64. The highest BCUT2D eigenvalue weighted by atomic mass is 16.4. The van der Waals surface area contributed by atoms with Gasteiger partial charge in [0.2, 0.25) is 11.8 Å². The maximum atomic E-state index is 12.3. The minimum absolute atomic E-state index is 0.0980. The minimum Gasteiger partial charge on any atom is -0.550 e. The average Bonchev–Trinajstić information content (AvgIpc) is 3.20. The van der Waals surface area contributed by atoms with Crippen molar-refractivity contribution in [2.75, 3.05) is 0 Å². The van der Waals surface area contributed by atoms with Crippen LogP contribution in [0, 0.1) is 23.7 Å². The summed E-state index contributed by atoms with van der Waals surface area (Å²) in [6.45, 7) is 0. The molecule has 1 fully saturated rings. The number of carbonyl (C=O) groups is 3. The molecular formula is C18H19N2O4-. The Morgan fingerprint density at radius 3 is 2.33 bits per heavy atom. The number of hydrazine groups is 1. The van der Waals surface area contributed by atoms with Crippen LogP contribution in [0.3, 0.4) is 0 Å². The van der Waals surface area contributed by atoms with E-state index in [1.54, 1.807) is 0 Å². The van der Waals surface area contributed by atoms with Gasteiger partial charge in [0.1, 0.15) is 0 Å². The fraction of sp³-hybridized carbons (Fsp3) is 0.389. The fourth-order valence-corrected chi connectivity index (χ4v) is 3.68. The van der Waals surface area contributed by atoms with Gasteiger partial charge in [0, 0.05) is 18.3 Å². The first kappa shape index (κ1) is 16.2. The van der Waals surface area contributed by atoms with Gasteiger partial charge in [-0.25, -0.2) is 0 Å². The number of hydrogen-bond donors (Lipinski definition) is 2. The van der Waals surface area contributed by atoms with Crippen LogP contribution in [0.15, 0.2) is 42.5 Å². The summed E-state index contributed by atoms with van der Waals surface area (Å²) in [6, 6.07) is 9.56. The van der Waals surface area contributed by atoms with Crippen LogP contribution in [-0.4, -0.2) is 17.8 Å². The summed E-state index contributed by atoms with van der Waals surface area (Å²) in [5, 5.41) is 11.3. The lowest BCUT2D eigenvalue weighted by molar-refractivity contribution is -0.313. The number of aryl methyl sites for hydroxylation is 1. The second kappa shape index (κ2) is 6.86. The fourth-order valence-electron chi connectivity index (χ4n) is 3.68. The first-order valence-corrected chi connectivity index (χ1v) is 8.08. The molecule has 0 spiro atoms. The van der Waals surface area contributed by atoms with Crippen LogP contribution >= 0.6 is 0 Å². The van der Waals surface area contributed by atoms with Crippen LogP contribution in [0.5, 0.6) is 0 Å². The van der Waals surface area contributed by atoms with E-state index in [2.05, 4.69) is 10.9 Å². The summed E-state index contributed by atoms with van der Waals surface area (Å²) in [5.74, 6) is -3.73. The number of rotatable bonds is 5. The van der Waals surface area contributed by atoms with Crippen LogP contribution in [-0.2, 0) is 20.8 Å². The van der Waals surface area contributed by atoms with Gasteiger partial charge in [-0.2, -0.15) is 0 Å². The molecule has 2 N–H and O–H groups in total. The largest absolute Gasteiger partial charge is 0.550 e. The molecule has 1 aromatic rings. The second-order valence-corrected chi connectivity index (χ2v) is 6.34. The molecule has 2 bridgehead atoms. The summed E-state index contributed by atoms with van der Waals surface area (Å²) in [7, 11) is 0. The third-order valence-corrected chi connectivity index (χ3v) is 4.84. The molecule has 1 aromatic carbocycles. The van der Waals surface area contributed by atoms with Gasteiger partial charge in [-0.1, -0.05) is 42.5 Å². The number of fused-ring (bicyclic) bond motifs is 2. The first-order chi connectivity index (χ1) is 11.6. The predicted molar refractivity (Wildman–Crippen MR) is 83.8 cm³/mol. The third kappa shape index (κ3) is 3.32. The monoisotopic (exact) mass is 327 g/mol. The van der Waals surface area contributed by atoms with Gasteiger partial charge in [0.25, 0.3) is 0 Å². The molecule has 4 atom stereocenters. The molecule has 0 aromatic heterocycles. The number of allylic oxidation sites excluding steroid dienone is 2. The van der Waals surface area contributed by atoms with E-state index in [1.807, 2.05) is 42.5 Å². The molecule has 2 amide bonds. The molecule has 0 saturated heterocycles. The lowest BCUT2D eigenvalue weighted by atomic mass is 9.82. The number of aliphatic carboxylic acids is 1. The van der Waals surface area contributed by atoms with Crippen LogP contribution in [0.2, 0.25) is 0 Å². The van der Waals surface area contributed by atoms with E-state index in [1.165, 1.54) is 0 Å². The van der Waals surface area contributed by atoms with E-state index < -0.39 is 23.7 Å². The molecule has 24 heavy (non-hydrogen) atoms. The van der Waals surface area contributed by atoms with Crippen molar-refractivity contribution in [3.05, 3.63) is 48.0 Å². The van der Waals surface area contributed by atoms with Crippen molar-refractivity contribution < 1.29 is 19.5 Å². The zero-order valence-electron chi connectivity index (χ0n) is 13.1. The lowest BCUT2D eigenvalue weighted by Gasteiger charge is -2.27. The minimum atomic E-state index is -1.21. The van der Waals surface area contributed by atoms with Crippen molar-refractivity contribution in [1.82, 2.24) is 10.9 Å². The van der Waals surface area contributed by atoms with E-state index in [-0.39, 0.29) is 24.2 Å². The average molecular weight is 327 g/mol. The van der Waals surface area contributed by atoms with Gasteiger partial charge in [-0.3, -0.25) is 20.4 Å². The number of nitrogens with one attached hydrogen (secondary N) is 2. The van der Waals surface area contributed by atoms with E-state index in [0.29, 0.717) is 12.8 Å². The molecule has 2 aliphatic carbocycles. The van der Waals surface area contributed by atoms with Crippen molar-refractivity contribution in [1.29, 1.82) is 0 Å². The zero-order chi connectivity index (χ0) is 17.1. The van der Waals surface area contributed by atoms with Crippen LogP contribution in [0.4, 0.5) is 0 Å². The number of carbonyl (C=O) groups excluding carboxylic acids is 3. The maximum Gasteiger partial charge on any atom is 0.242 e. The molecule has 3 rings (SSSR count). The standard InChI is InChI=1S/C18H20N2O4/c21-14(9-6-11-4-2-1-3-5-11)19-20-17(22)15-12-7-8-13(10-12)16(15)18(23)24/h1-5,7-8,12-13,15-16H,6,9-10H2,(H,19,21)(H,20,22)(H,23,24)/p-1/t12-,13+,15+,16+/m0/s1. The van der Waals surface area contributed by atoms with Gasteiger partial charge in [0.05, 0.1) is 5.92 Å². The molecule has 1 saturated carbocycles. The van der Waals surface area contributed by atoms with Gasteiger partial charge >= 0.3 is 0 Å². The smallest absolute Gasteiger partial charge is 0.242 e. The number of carboxylic acids is 1. The normalized spacial score (nSPS) is 27.0. The van der Waals surface area contributed by atoms with E-state index >= 15 is 0 Å². The molecular weight excluding hydrogens is 308 g/mol. The molecule has 6 heteroatoms. The highest BCUT2D eigenvalue weighted by molar-refractivity contribution is 5.88. The SMILES string of the molecule is O=C(CCc1ccccc1)NNC(=O)[C@H]1[C@H](C(=O)[O-])[C@@H]2C=C[C@H]1C2.